The molecule has 0 aromatic heterocycles. The predicted octanol–water partition coefficient (Wildman–Crippen LogP) is 2.53. The van der Waals surface area contributed by atoms with Crippen LogP contribution >= 0.6 is 0 Å². The van der Waals surface area contributed by atoms with Crippen molar-refractivity contribution in [3.63, 3.8) is 0 Å². The van der Waals surface area contributed by atoms with Crippen molar-refractivity contribution in [1.29, 1.82) is 0 Å². The first-order valence-electron chi connectivity index (χ1n) is 10.3. The number of allylic oxidation sites excluding steroid dienone is 3. The summed E-state index contributed by atoms with van der Waals surface area (Å²) in [6.45, 7) is 3.54. The topological polar surface area (TPSA) is 69.4 Å². The molecule has 2 unspecified atom stereocenters. The van der Waals surface area contributed by atoms with Gasteiger partial charge in [-0.3, -0.25) is 14.7 Å². The molecule has 1 aliphatic carbocycles. The number of hydrogen-bond donors (Lipinski definition) is 1. The minimum absolute atomic E-state index is 0.194. The van der Waals surface area contributed by atoms with E-state index in [1.165, 1.54) is 5.56 Å². The number of carbonyl (C=O) groups excluding carboxylic acids is 1. The number of benzene rings is 1. The van der Waals surface area contributed by atoms with Crippen LogP contribution in [0.15, 0.2) is 69.2 Å². The lowest BCUT2D eigenvalue weighted by atomic mass is 9.72. The zero-order valence-electron chi connectivity index (χ0n) is 16.4. The van der Waals surface area contributed by atoms with Gasteiger partial charge in [0.15, 0.2) is 0 Å². The third-order valence-electron chi connectivity index (χ3n) is 6.12. The number of rotatable bonds is 3. The average Bonchev–Trinajstić information content (AvgIpc) is 3.08. The Morgan fingerprint density at radius 3 is 3.03 bits per heavy atom. The minimum Gasteiger partial charge on any atom is -0.350 e. The minimum atomic E-state index is -0.487. The Hall–Kier alpha value is -2.86. The number of carbonyl (C=O) groups is 1. The summed E-state index contributed by atoms with van der Waals surface area (Å²) >= 11 is 0. The van der Waals surface area contributed by atoms with Gasteiger partial charge in [0, 0.05) is 44.7 Å². The maximum atomic E-state index is 12.3. The summed E-state index contributed by atoms with van der Waals surface area (Å²) in [6, 6.07) is 10.9. The number of hydrogen-bond acceptors (Lipinski definition) is 6. The van der Waals surface area contributed by atoms with Crippen LogP contribution in [0, 0.1) is 5.41 Å². The predicted molar refractivity (Wildman–Crippen MR) is 115 cm³/mol. The molecule has 4 aliphatic rings. The molecule has 0 saturated carbocycles. The number of nitrogens with zero attached hydrogens (tertiary/aromatic N) is 4. The van der Waals surface area contributed by atoms with Crippen molar-refractivity contribution in [2.45, 2.75) is 31.8 Å². The summed E-state index contributed by atoms with van der Waals surface area (Å²) in [5.74, 6) is 0.878. The second kappa shape index (κ2) is 7.52. The van der Waals surface area contributed by atoms with E-state index < -0.39 is 5.41 Å². The van der Waals surface area contributed by atoms with Crippen molar-refractivity contribution >= 4 is 23.7 Å². The molecule has 6 heteroatoms. The van der Waals surface area contributed by atoms with Crippen molar-refractivity contribution in [2.75, 3.05) is 19.6 Å². The fourth-order valence-electron chi connectivity index (χ4n) is 4.60. The maximum Gasteiger partial charge on any atom is 0.218 e. The van der Waals surface area contributed by atoms with Gasteiger partial charge in [0.05, 0.1) is 23.4 Å². The van der Waals surface area contributed by atoms with E-state index in [0.717, 1.165) is 37.5 Å². The lowest BCUT2D eigenvalue weighted by Crippen LogP contribution is -2.45. The normalized spacial score (nSPS) is 28.8. The molecule has 5 rings (SSSR count). The van der Waals surface area contributed by atoms with Crippen LogP contribution in [0.5, 0.6) is 0 Å². The van der Waals surface area contributed by atoms with Crippen LogP contribution < -0.4 is 5.32 Å². The maximum absolute atomic E-state index is 12.3. The number of ketones is 1. The highest BCUT2D eigenvalue weighted by molar-refractivity contribution is 6.13. The van der Waals surface area contributed by atoms with Crippen LogP contribution in [0.25, 0.3) is 0 Å². The van der Waals surface area contributed by atoms with Gasteiger partial charge in [-0.25, -0.2) is 9.98 Å². The molecule has 148 valence electrons. The molecule has 0 bridgehead atoms. The first-order valence-corrected chi connectivity index (χ1v) is 10.3. The highest BCUT2D eigenvalue weighted by Crippen LogP contribution is 2.41. The molecule has 6 nitrogen and oxygen atoms in total. The van der Waals surface area contributed by atoms with Crippen molar-refractivity contribution in [1.82, 2.24) is 10.2 Å². The molecule has 1 N–H and O–H groups in total. The second-order valence-electron chi connectivity index (χ2n) is 8.21. The summed E-state index contributed by atoms with van der Waals surface area (Å²) in [6.07, 6.45) is 9.57. The Bertz CT molecular complexity index is 959. The third kappa shape index (κ3) is 3.60. The summed E-state index contributed by atoms with van der Waals surface area (Å²) in [7, 11) is 0. The SMILES string of the molecule is O=C1CC=NC2=CC=CC3=NC(NC4CCN(Cc5ccccc5)C4)=NCC23C1. The Kier molecular flexibility index (Phi) is 4.72. The van der Waals surface area contributed by atoms with E-state index in [1.807, 2.05) is 18.2 Å². The number of guanidine groups is 1. The van der Waals surface area contributed by atoms with Crippen molar-refractivity contribution in [3.05, 3.63) is 59.8 Å². The number of Topliss-reactive ketones (excluding diaryl/α,β-unsaturated/α-hetero) is 1. The molecular weight excluding hydrogens is 362 g/mol. The van der Waals surface area contributed by atoms with Gasteiger partial charge in [-0.15, -0.1) is 0 Å². The molecule has 2 atom stereocenters. The Balaban J connectivity index is 1.26. The van der Waals surface area contributed by atoms with Crippen LogP contribution in [-0.4, -0.2) is 54.2 Å². The smallest absolute Gasteiger partial charge is 0.218 e. The molecule has 1 aromatic carbocycles. The molecule has 1 fully saturated rings. The standard InChI is InChI=1S/C23H25N5O/c29-19-9-11-24-20-7-4-8-21-23(20,13-19)16-25-22(27-21)26-18-10-12-28(15-18)14-17-5-2-1-3-6-17/h1-8,11,18H,9-10,12-16H2,(H,25,26). The summed E-state index contributed by atoms with van der Waals surface area (Å²) in [5.41, 5.74) is 2.66. The molecule has 3 aliphatic heterocycles. The van der Waals surface area contributed by atoms with E-state index in [9.17, 15) is 4.79 Å². The molecule has 1 spiro atoms. The molecule has 1 aromatic rings. The zero-order chi connectivity index (χ0) is 19.7. The summed E-state index contributed by atoms with van der Waals surface area (Å²) < 4.78 is 0. The fraction of sp³-hybridized carbons (Fsp3) is 0.391. The van der Waals surface area contributed by atoms with E-state index in [1.54, 1.807) is 6.21 Å². The fourth-order valence-corrected chi connectivity index (χ4v) is 4.60. The Labute approximate surface area is 170 Å². The van der Waals surface area contributed by atoms with Crippen LogP contribution in [0.4, 0.5) is 0 Å². The van der Waals surface area contributed by atoms with Crippen LogP contribution in [-0.2, 0) is 11.3 Å². The highest BCUT2D eigenvalue weighted by atomic mass is 16.1. The van der Waals surface area contributed by atoms with Crippen molar-refractivity contribution in [2.24, 2.45) is 20.4 Å². The molecular formula is C23H25N5O. The molecule has 29 heavy (non-hydrogen) atoms. The lowest BCUT2D eigenvalue weighted by Gasteiger charge is -2.36. The molecule has 0 radical (unpaired) electrons. The number of likely N-dealkylation sites (tertiary alicyclic amines) is 1. The van der Waals surface area contributed by atoms with Crippen molar-refractivity contribution < 1.29 is 4.79 Å². The summed E-state index contributed by atoms with van der Waals surface area (Å²) in [4.78, 5) is 28.8. The summed E-state index contributed by atoms with van der Waals surface area (Å²) in [5, 5.41) is 3.53. The van der Waals surface area contributed by atoms with Gasteiger partial charge in [-0.2, -0.15) is 0 Å². The lowest BCUT2D eigenvalue weighted by molar-refractivity contribution is -0.118. The van der Waals surface area contributed by atoms with Gasteiger partial charge in [0.2, 0.25) is 5.96 Å². The van der Waals surface area contributed by atoms with Gasteiger partial charge in [0.1, 0.15) is 5.78 Å². The second-order valence-corrected chi connectivity index (χ2v) is 8.21. The van der Waals surface area contributed by atoms with Crippen LogP contribution in [0.1, 0.15) is 24.8 Å². The van der Waals surface area contributed by atoms with E-state index >= 15 is 0 Å². The number of nitrogens with one attached hydrogen (secondary N) is 1. The van der Waals surface area contributed by atoms with E-state index in [-0.39, 0.29) is 5.78 Å². The quantitative estimate of drug-likeness (QED) is 0.867. The van der Waals surface area contributed by atoms with E-state index in [0.29, 0.717) is 31.4 Å². The number of aliphatic imine (C=N–C) groups is 3. The van der Waals surface area contributed by atoms with E-state index in [2.05, 4.69) is 45.5 Å². The van der Waals surface area contributed by atoms with Crippen molar-refractivity contribution in [3.8, 4) is 0 Å². The average molecular weight is 387 g/mol. The first-order chi connectivity index (χ1) is 14.2. The van der Waals surface area contributed by atoms with E-state index in [4.69, 9.17) is 9.98 Å². The van der Waals surface area contributed by atoms with Gasteiger partial charge < -0.3 is 5.32 Å². The highest BCUT2D eigenvalue weighted by Gasteiger charge is 2.44. The van der Waals surface area contributed by atoms with Crippen LogP contribution in [0.3, 0.4) is 0 Å². The largest absolute Gasteiger partial charge is 0.350 e. The molecule has 3 heterocycles. The molecule has 1 saturated heterocycles. The van der Waals surface area contributed by atoms with Crippen LogP contribution in [0.2, 0.25) is 0 Å². The zero-order valence-corrected chi connectivity index (χ0v) is 16.4. The third-order valence-corrected chi connectivity index (χ3v) is 6.12. The molecule has 0 amide bonds. The van der Waals surface area contributed by atoms with Gasteiger partial charge in [0.25, 0.3) is 0 Å². The monoisotopic (exact) mass is 387 g/mol. The van der Waals surface area contributed by atoms with Gasteiger partial charge in [-0.1, -0.05) is 36.4 Å². The van der Waals surface area contributed by atoms with Gasteiger partial charge >= 0.3 is 0 Å². The first kappa shape index (κ1) is 18.2. The Morgan fingerprint density at radius 1 is 1.24 bits per heavy atom. The Morgan fingerprint density at radius 2 is 2.14 bits per heavy atom. The van der Waals surface area contributed by atoms with Gasteiger partial charge in [-0.05, 0) is 24.1 Å².